The molecule has 0 saturated heterocycles. The zero-order valence-corrected chi connectivity index (χ0v) is 13.5. The zero-order valence-electron chi connectivity index (χ0n) is 13.5. The lowest BCUT2D eigenvalue weighted by Crippen LogP contribution is -2.29. The molecule has 1 heterocycles. The van der Waals surface area contributed by atoms with Crippen LogP contribution in [0.5, 0.6) is 0 Å². The number of amides is 3. The minimum Gasteiger partial charge on any atom is -0.465 e. The summed E-state index contributed by atoms with van der Waals surface area (Å²) in [6.45, 7) is 1.36. The van der Waals surface area contributed by atoms with Gasteiger partial charge in [-0.2, -0.15) is 0 Å². The minimum absolute atomic E-state index is 0.216. The summed E-state index contributed by atoms with van der Waals surface area (Å²) in [6.07, 6.45) is 0. The summed E-state index contributed by atoms with van der Waals surface area (Å²) in [4.78, 5) is 48.8. The molecule has 3 rings (SSSR count). The van der Waals surface area contributed by atoms with E-state index in [0.29, 0.717) is 16.9 Å². The van der Waals surface area contributed by atoms with Crippen LogP contribution in [-0.4, -0.2) is 30.8 Å². The summed E-state index contributed by atoms with van der Waals surface area (Å²) in [5.74, 6) is -1.72. The Balaban J connectivity index is 1.94. The van der Waals surface area contributed by atoms with Gasteiger partial charge in [-0.1, -0.05) is 0 Å². The van der Waals surface area contributed by atoms with Crippen molar-refractivity contribution >= 4 is 35.1 Å². The molecule has 7 heteroatoms. The summed E-state index contributed by atoms with van der Waals surface area (Å²) in [6, 6.07) is 10.5. The van der Waals surface area contributed by atoms with Crippen molar-refractivity contribution in [2.45, 2.75) is 6.92 Å². The molecule has 1 aliphatic rings. The van der Waals surface area contributed by atoms with Gasteiger partial charge in [-0.15, -0.1) is 0 Å². The Bertz CT molecular complexity index is 902. The number of nitrogens with one attached hydrogen (secondary N) is 1. The Morgan fingerprint density at radius 3 is 2.20 bits per heavy atom. The molecule has 0 aromatic heterocycles. The number of ether oxygens (including phenoxy) is 1. The topological polar surface area (TPSA) is 92.8 Å². The second-order valence-corrected chi connectivity index (χ2v) is 5.43. The van der Waals surface area contributed by atoms with Crippen molar-refractivity contribution in [2.24, 2.45) is 0 Å². The lowest BCUT2D eigenvalue weighted by atomic mass is 10.1. The van der Waals surface area contributed by atoms with Crippen LogP contribution in [0.2, 0.25) is 0 Å². The molecule has 0 aliphatic carbocycles. The Morgan fingerprint density at radius 1 is 0.960 bits per heavy atom. The maximum absolute atomic E-state index is 12.6. The molecule has 0 radical (unpaired) electrons. The van der Waals surface area contributed by atoms with Crippen molar-refractivity contribution in [3.63, 3.8) is 0 Å². The van der Waals surface area contributed by atoms with Gasteiger partial charge in [0.25, 0.3) is 11.8 Å². The molecule has 0 saturated carbocycles. The number of imide groups is 1. The number of hydrogen-bond acceptors (Lipinski definition) is 5. The number of rotatable bonds is 3. The van der Waals surface area contributed by atoms with Gasteiger partial charge in [0, 0.05) is 12.6 Å². The van der Waals surface area contributed by atoms with Crippen molar-refractivity contribution in [1.29, 1.82) is 0 Å². The largest absolute Gasteiger partial charge is 0.465 e. The van der Waals surface area contributed by atoms with E-state index in [4.69, 9.17) is 0 Å². The quantitative estimate of drug-likeness (QED) is 0.684. The van der Waals surface area contributed by atoms with E-state index in [9.17, 15) is 19.2 Å². The van der Waals surface area contributed by atoms with Gasteiger partial charge in [0.2, 0.25) is 5.91 Å². The van der Waals surface area contributed by atoms with E-state index < -0.39 is 17.8 Å². The zero-order chi connectivity index (χ0) is 18.1. The summed E-state index contributed by atoms with van der Waals surface area (Å²) in [5, 5.41) is 2.58. The lowest BCUT2D eigenvalue weighted by molar-refractivity contribution is -0.114. The molecule has 7 nitrogen and oxygen atoms in total. The first kappa shape index (κ1) is 16.4. The van der Waals surface area contributed by atoms with E-state index in [1.807, 2.05) is 0 Å². The van der Waals surface area contributed by atoms with Crippen molar-refractivity contribution in [1.82, 2.24) is 0 Å². The van der Waals surface area contributed by atoms with E-state index in [1.165, 1.54) is 50.4 Å². The van der Waals surface area contributed by atoms with Crippen LogP contribution in [0.15, 0.2) is 42.5 Å². The van der Waals surface area contributed by atoms with Crippen molar-refractivity contribution < 1.29 is 23.9 Å². The van der Waals surface area contributed by atoms with Gasteiger partial charge in [0.1, 0.15) is 0 Å². The Kier molecular flexibility index (Phi) is 4.06. The highest BCUT2D eigenvalue weighted by molar-refractivity contribution is 6.34. The summed E-state index contributed by atoms with van der Waals surface area (Å²) in [5.41, 5.74) is 1.58. The summed E-state index contributed by atoms with van der Waals surface area (Å²) >= 11 is 0. The molecule has 0 unspecified atom stereocenters. The Hall–Kier alpha value is -3.48. The van der Waals surface area contributed by atoms with Gasteiger partial charge in [-0.25, -0.2) is 9.69 Å². The number of carbonyl (C=O) groups excluding carboxylic acids is 4. The molecule has 126 valence electrons. The normalized spacial score (nSPS) is 12.8. The van der Waals surface area contributed by atoms with Gasteiger partial charge < -0.3 is 10.1 Å². The van der Waals surface area contributed by atoms with Crippen LogP contribution in [0.4, 0.5) is 11.4 Å². The number of benzene rings is 2. The molecule has 1 aliphatic heterocycles. The maximum Gasteiger partial charge on any atom is 0.337 e. The average molecular weight is 338 g/mol. The molecule has 3 amide bonds. The molecule has 0 spiro atoms. The fourth-order valence-corrected chi connectivity index (χ4v) is 2.62. The number of fused-ring (bicyclic) bond motifs is 1. The Labute approximate surface area is 143 Å². The van der Waals surface area contributed by atoms with Crippen molar-refractivity contribution in [3.8, 4) is 0 Å². The predicted molar refractivity (Wildman–Crippen MR) is 89.7 cm³/mol. The van der Waals surface area contributed by atoms with Gasteiger partial charge in [-0.3, -0.25) is 14.4 Å². The van der Waals surface area contributed by atoms with E-state index in [-0.39, 0.29) is 17.0 Å². The molecule has 0 atom stereocenters. The third-order valence-corrected chi connectivity index (χ3v) is 3.75. The van der Waals surface area contributed by atoms with Crippen LogP contribution in [0, 0.1) is 0 Å². The van der Waals surface area contributed by atoms with Crippen molar-refractivity contribution in [3.05, 3.63) is 59.2 Å². The SMILES string of the molecule is COC(=O)c1ccc(N2C(=O)c3ccc(NC(C)=O)cc3C2=O)cc1. The van der Waals surface area contributed by atoms with Gasteiger partial charge in [0.05, 0.1) is 29.5 Å². The third-order valence-electron chi connectivity index (χ3n) is 3.75. The second kappa shape index (κ2) is 6.20. The van der Waals surface area contributed by atoms with Gasteiger partial charge >= 0.3 is 5.97 Å². The van der Waals surface area contributed by atoms with Crippen molar-refractivity contribution in [2.75, 3.05) is 17.3 Å². The highest BCUT2D eigenvalue weighted by Gasteiger charge is 2.36. The molecule has 0 bridgehead atoms. The molecule has 1 N–H and O–H groups in total. The third kappa shape index (κ3) is 2.87. The molecule has 2 aromatic rings. The number of carbonyl (C=O) groups is 4. The van der Waals surface area contributed by atoms with Gasteiger partial charge in [-0.05, 0) is 42.5 Å². The molecular formula is C18H14N2O5. The van der Waals surface area contributed by atoms with Crippen LogP contribution in [0.25, 0.3) is 0 Å². The molecule has 2 aromatic carbocycles. The van der Waals surface area contributed by atoms with Crippen LogP contribution in [0.3, 0.4) is 0 Å². The number of hydrogen-bond donors (Lipinski definition) is 1. The minimum atomic E-state index is -0.506. The highest BCUT2D eigenvalue weighted by atomic mass is 16.5. The van der Waals surface area contributed by atoms with E-state index in [2.05, 4.69) is 10.1 Å². The van der Waals surface area contributed by atoms with Crippen LogP contribution < -0.4 is 10.2 Å². The lowest BCUT2D eigenvalue weighted by Gasteiger charge is -2.14. The molecule has 25 heavy (non-hydrogen) atoms. The summed E-state index contributed by atoms with van der Waals surface area (Å²) in [7, 11) is 1.27. The van der Waals surface area contributed by atoms with Crippen LogP contribution in [0.1, 0.15) is 38.0 Å². The predicted octanol–water partition coefficient (Wildman–Crippen LogP) is 2.23. The Morgan fingerprint density at radius 2 is 1.60 bits per heavy atom. The van der Waals surface area contributed by atoms with E-state index in [1.54, 1.807) is 6.07 Å². The maximum atomic E-state index is 12.6. The molecular weight excluding hydrogens is 324 g/mol. The first-order valence-corrected chi connectivity index (χ1v) is 7.41. The number of esters is 1. The van der Waals surface area contributed by atoms with E-state index >= 15 is 0 Å². The van der Waals surface area contributed by atoms with Crippen LogP contribution >= 0.6 is 0 Å². The smallest absolute Gasteiger partial charge is 0.337 e. The first-order chi connectivity index (χ1) is 11.9. The number of methoxy groups -OCH3 is 1. The second-order valence-electron chi connectivity index (χ2n) is 5.43. The molecule has 0 fully saturated rings. The first-order valence-electron chi connectivity index (χ1n) is 7.41. The van der Waals surface area contributed by atoms with Crippen LogP contribution in [-0.2, 0) is 9.53 Å². The monoisotopic (exact) mass is 338 g/mol. The average Bonchev–Trinajstić information content (AvgIpc) is 2.84. The summed E-state index contributed by atoms with van der Waals surface area (Å²) < 4.78 is 4.62. The van der Waals surface area contributed by atoms with Gasteiger partial charge in [0.15, 0.2) is 0 Å². The fourth-order valence-electron chi connectivity index (χ4n) is 2.62. The number of nitrogens with zero attached hydrogens (tertiary/aromatic N) is 1. The fraction of sp³-hybridized carbons (Fsp3) is 0.111. The highest BCUT2D eigenvalue weighted by Crippen LogP contribution is 2.30. The standard InChI is InChI=1S/C18H14N2O5/c1-10(21)19-12-5-8-14-15(9-12)17(23)20(16(14)22)13-6-3-11(4-7-13)18(24)25-2/h3-9H,1-2H3,(H,19,21). The number of anilines is 2. The van der Waals surface area contributed by atoms with E-state index in [0.717, 1.165) is 4.90 Å².